The van der Waals surface area contributed by atoms with Crippen LogP contribution in [0.15, 0.2) is 30.3 Å². The lowest BCUT2D eigenvalue weighted by Gasteiger charge is -2.12. The molecule has 4 amide bonds. The summed E-state index contributed by atoms with van der Waals surface area (Å²) in [7, 11) is 0. The van der Waals surface area contributed by atoms with Crippen LogP contribution in [0.4, 0.5) is 10.7 Å². The molecule has 9 nitrogen and oxygen atoms in total. The van der Waals surface area contributed by atoms with Crippen LogP contribution in [-0.4, -0.2) is 44.0 Å². The zero-order chi connectivity index (χ0) is 19.4. The number of carbonyl (C=O) groups excluding carboxylic acids is 3. The van der Waals surface area contributed by atoms with Crippen LogP contribution in [0, 0.1) is 5.92 Å². The van der Waals surface area contributed by atoms with Crippen LogP contribution >= 0.6 is 0 Å². The SMILES string of the molecule is CC(C)Cc1nc(NC(=O)C[C@H]2NC(=O)N(Cc3ccccc3)C2=O)n[nH]1. The lowest BCUT2D eigenvalue weighted by molar-refractivity contribution is -0.130. The molecule has 9 heteroatoms. The van der Waals surface area contributed by atoms with E-state index < -0.39 is 23.9 Å². The number of rotatable bonds is 7. The number of aromatic nitrogens is 3. The van der Waals surface area contributed by atoms with E-state index in [1.54, 1.807) is 0 Å². The molecule has 0 aliphatic carbocycles. The quantitative estimate of drug-likeness (QED) is 0.637. The number of hydrogen-bond donors (Lipinski definition) is 3. The third-order valence-corrected chi connectivity index (χ3v) is 4.06. The van der Waals surface area contributed by atoms with Crippen molar-refractivity contribution in [3.05, 3.63) is 41.7 Å². The topological polar surface area (TPSA) is 120 Å². The van der Waals surface area contributed by atoms with E-state index in [4.69, 9.17) is 0 Å². The average molecular weight is 370 g/mol. The Kier molecular flexibility index (Phi) is 5.49. The van der Waals surface area contributed by atoms with Gasteiger partial charge in [0, 0.05) is 6.42 Å². The third-order valence-electron chi connectivity index (χ3n) is 4.06. The molecule has 0 spiro atoms. The maximum Gasteiger partial charge on any atom is 0.325 e. The summed E-state index contributed by atoms with van der Waals surface area (Å²) in [6.07, 6.45) is 0.540. The highest BCUT2D eigenvalue weighted by molar-refractivity contribution is 6.06. The molecule has 3 rings (SSSR count). The molecule has 2 heterocycles. The number of nitrogens with one attached hydrogen (secondary N) is 3. The van der Waals surface area contributed by atoms with E-state index in [2.05, 4.69) is 39.7 Å². The lowest BCUT2D eigenvalue weighted by Crippen LogP contribution is -2.34. The van der Waals surface area contributed by atoms with E-state index in [0.717, 1.165) is 10.5 Å². The third kappa shape index (κ3) is 4.69. The van der Waals surface area contributed by atoms with Crippen LogP contribution in [0.3, 0.4) is 0 Å². The highest BCUT2D eigenvalue weighted by Gasteiger charge is 2.39. The number of H-pyrrole nitrogens is 1. The van der Waals surface area contributed by atoms with Crippen molar-refractivity contribution in [3.63, 3.8) is 0 Å². The summed E-state index contributed by atoms with van der Waals surface area (Å²) < 4.78 is 0. The standard InChI is InChI=1S/C18H22N6O3/c1-11(2)8-14-20-17(23-22-14)21-15(25)9-13-16(26)24(18(27)19-13)10-12-6-4-3-5-7-12/h3-7,11,13H,8-10H2,1-2H3,(H,19,27)(H2,20,21,22,23,25)/t13-/m1/s1. The van der Waals surface area contributed by atoms with Gasteiger partial charge in [-0.25, -0.2) is 4.79 Å². The number of hydrogen-bond acceptors (Lipinski definition) is 5. The molecule has 0 unspecified atom stereocenters. The number of amides is 4. The van der Waals surface area contributed by atoms with E-state index in [9.17, 15) is 14.4 Å². The number of aromatic amines is 1. The second-order valence-corrected chi connectivity index (χ2v) is 6.87. The minimum atomic E-state index is -0.893. The molecule has 0 saturated carbocycles. The Morgan fingerprint density at radius 2 is 2.00 bits per heavy atom. The molecule has 1 saturated heterocycles. The fraction of sp³-hybridized carbons (Fsp3) is 0.389. The van der Waals surface area contributed by atoms with Crippen molar-refractivity contribution in [3.8, 4) is 0 Å². The summed E-state index contributed by atoms with van der Waals surface area (Å²) in [5.74, 6) is 0.386. The van der Waals surface area contributed by atoms with E-state index in [1.165, 1.54) is 0 Å². The maximum atomic E-state index is 12.5. The first-order valence-corrected chi connectivity index (χ1v) is 8.79. The predicted octanol–water partition coefficient (Wildman–Crippen LogP) is 1.45. The normalized spacial score (nSPS) is 16.7. The monoisotopic (exact) mass is 370 g/mol. The van der Waals surface area contributed by atoms with Gasteiger partial charge in [0.05, 0.1) is 13.0 Å². The van der Waals surface area contributed by atoms with E-state index >= 15 is 0 Å². The molecular formula is C18H22N6O3. The summed E-state index contributed by atoms with van der Waals surface area (Å²) in [5.41, 5.74) is 0.838. The Bertz CT molecular complexity index is 833. The minimum absolute atomic E-state index is 0.161. The van der Waals surface area contributed by atoms with Gasteiger partial charge in [0.15, 0.2) is 0 Å². The van der Waals surface area contributed by atoms with Crippen molar-refractivity contribution >= 4 is 23.8 Å². The zero-order valence-corrected chi connectivity index (χ0v) is 15.2. The Morgan fingerprint density at radius 1 is 1.26 bits per heavy atom. The van der Waals surface area contributed by atoms with Crippen molar-refractivity contribution in [1.29, 1.82) is 0 Å². The Labute approximate surface area is 156 Å². The fourth-order valence-corrected chi connectivity index (χ4v) is 2.82. The molecule has 1 aliphatic heterocycles. The maximum absolute atomic E-state index is 12.5. The number of anilines is 1. The fourth-order valence-electron chi connectivity index (χ4n) is 2.82. The molecule has 1 aromatic heterocycles. The van der Waals surface area contributed by atoms with E-state index in [1.807, 2.05) is 30.3 Å². The number of benzene rings is 1. The van der Waals surface area contributed by atoms with Gasteiger partial charge in [-0.15, -0.1) is 5.10 Å². The van der Waals surface area contributed by atoms with E-state index in [0.29, 0.717) is 18.2 Å². The van der Waals surface area contributed by atoms with Crippen molar-refractivity contribution < 1.29 is 14.4 Å². The van der Waals surface area contributed by atoms with Gasteiger partial charge in [0.2, 0.25) is 11.9 Å². The predicted molar refractivity (Wildman–Crippen MR) is 97.5 cm³/mol. The zero-order valence-electron chi connectivity index (χ0n) is 15.2. The Morgan fingerprint density at radius 3 is 2.70 bits per heavy atom. The summed E-state index contributed by atoms with van der Waals surface area (Å²) in [5, 5.41) is 11.8. The van der Waals surface area contributed by atoms with Gasteiger partial charge in [-0.05, 0) is 11.5 Å². The minimum Gasteiger partial charge on any atom is -0.325 e. The van der Waals surface area contributed by atoms with Crippen LogP contribution in [-0.2, 0) is 22.6 Å². The largest absolute Gasteiger partial charge is 0.325 e. The van der Waals surface area contributed by atoms with Gasteiger partial charge in [-0.3, -0.25) is 24.9 Å². The van der Waals surface area contributed by atoms with Crippen LogP contribution in [0.2, 0.25) is 0 Å². The second kappa shape index (κ2) is 7.98. The van der Waals surface area contributed by atoms with Gasteiger partial charge in [-0.2, -0.15) is 4.98 Å². The van der Waals surface area contributed by atoms with Crippen molar-refractivity contribution in [1.82, 2.24) is 25.4 Å². The molecule has 27 heavy (non-hydrogen) atoms. The molecule has 2 aromatic rings. The summed E-state index contributed by atoms with van der Waals surface area (Å²) in [6.45, 7) is 4.27. The summed E-state index contributed by atoms with van der Waals surface area (Å²) in [6, 6.07) is 7.80. The Hall–Kier alpha value is -3.23. The molecule has 3 N–H and O–H groups in total. The first-order chi connectivity index (χ1) is 12.9. The molecule has 1 aromatic carbocycles. The molecule has 0 radical (unpaired) electrons. The average Bonchev–Trinajstić information content (AvgIpc) is 3.14. The van der Waals surface area contributed by atoms with Crippen LogP contribution in [0.25, 0.3) is 0 Å². The molecule has 0 bridgehead atoms. The number of carbonyl (C=O) groups is 3. The first kappa shape index (κ1) is 18.6. The van der Waals surface area contributed by atoms with Crippen LogP contribution < -0.4 is 10.6 Å². The van der Waals surface area contributed by atoms with Crippen molar-refractivity contribution in [2.45, 2.75) is 39.3 Å². The van der Waals surface area contributed by atoms with Crippen LogP contribution in [0.1, 0.15) is 31.7 Å². The van der Waals surface area contributed by atoms with Crippen molar-refractivity contribution in [2.24, 2.45) is 5.92 Å². The van der Waals surface area contributed by atoms with Crippen LogP contribution in [0.5, 0.6) is 0 Å². The van der Waals surface area contributed by atoms with Gasteiger partial charge in [-0.1, -0.05) is 44.2 Å². The highest BCUT2D eigenvalue weighted by atomic mass is 16.2. The second-order valence-electron chi connectivity index (χ2n) is 6.87. The summed E-state index contributed by atoms with van der Waals surface area (Å²) in [4.78, 5) is 42.0. The number of urea groups is 1. The molecule has 1 atom stereocenters. The first-order valence-electron chi connectivity index (χ1n) is 8.79. The van der Waals surface area contributed by atoms with Gasteiger partial charge in [0.1, 0.15) is 11.9 Å². The number of imide groups is 1. The summed E-state index contributed by atoms with van der Waals surface area (Å²) >= 11 is 0. The van der Waals surface area contributed by atoms with E-state index in [-0.39, 0.29) is 18.9 Å². The molecule has 142 valence electrons. The van der Waals surface area contributed by atoms with Gasteiger partial charge >= 0.3 is 6.03 Å². The number of nitrogens with zero attached hydrogens (tertiary/aromatic N) is 3. The molecule has 1 aliphatic rings. The molecule has 1 fully saturated rings. The highest BCUT2D eigenvalue weighted by Crippen LogP contribution is 2.14. The van der Waals surface area contributed by atoms with Gasteiger partial charge < -0.3 is 5.32 Å². The lowest BCUT2D eigenvalue weighted by atomic mass is 10.1. The van der Waals surface area contributed by atoms with Crippen molar-refractivity contribution in [2.75, 3.05) is 5.32 Å². The molecular weight excluding hydrogens is 348 g/mol. The smallest absolute Gasteiger partial charge is 0.325 e. The Balaban J connectivity index is 1.56. The van der Waals surface area contributed by atoms with Gasteiger partial charge in [0.25, 0.3) is 5.91 Å².